The van der Waals surface area contributed by atoms with Crippen molar-refractivity contribution in [2.24, 2.45) is 0 Å². The van der Waals surface area contributed by atoms with Crippen LogP contribution in [-0.4, -0.2) is 5.11 Å². The van der Waals surface area contributed by atoms with Crippen LogP contribution in [0.2, 0.25) is 0 Å². The summed E-state index contributed by atoms with van der Waals surface area (Å²) >= 11 is 0. The summed E-state index contributed by atoms with van der Waals surface area (Å²) in [5, 5.41) is 9.79. The highest BCUT2D eigenvalue weighted by Crippen LogP contribution is 2.35. The van der Waals surface area contributed by atoms with Crippen LogP contribution in [0.25, 0.3) is 11.1 Å². The van der Waals surface area contributed by atoms with Gasteiger partial charge in [-0.25, -0.2) is 0 Å². The number of benzene rings is 2. The molecule has 3 N–H and O–H groups in total. The Morgan fingerprint density at radius 2 is 1.67 bits per heavy atom. The molecule has 2 nitrogen and oxygen atoms in total. The lowest BCUT2D eigenvalue weighted by Gasteiger charge is -2.10. The third-order valence-corrected chi connectivity index (χ3v) is 2.50. The number of phenols is 1. The maximum Gasteiger partial charge on any atom is 0.125 e. The number of aromatic hydroxyl groups is 1. The summed E-state index contributed by atoms with van der Waals surface area (Å²) in [5.74, 6) is 0.226. The van der Waals surface area contributed by atoms with Crippen LogP contribution < -0.4 is 5.73 Å². The second kappa shape index (κ2) is 3.65. The van der Waals surface area contributed by atoms with Gasteiger partial charge in [0.2, 0.25) is 0 Å². The molecule has 0 amide bonds. The number of nitrogens with two attached hydrogens (primary N) is 1. The molecule has 2 heteroatoms. The molecule has 0 aliphatic rings. The minimum Gasteiger partial charge on any atom is -0.507 e. The third kappa shape index (κ3) is 1.66. The van der Waals surface area contributed by atoms with E-state index in [-0.39, 0.29) is 5.75 Å². The van der Waals surface area contributed by atoms with Crippen molar-refractivity contribution in [3.05, 3.63) is 48.0 Å². The predicted molar refractivity (Wildman–Crippen MR) is 62.7 cm³/mol. The lowest BCUT2D eigenvalue weighted by atomic mass is 10.00. The van der Waals surface area contributed by atoms with Crippen LogP contribution >= 0.6 is 0 Å². The van der Waals surface area contributed by atoms with Crippen LogP contribution in [0.4, 0.5) is 5.69 Å². The number of phenolic OH excluding ortho intramolecular Hbond substituents is 1. The zero-order valence-corrected chi connectivity index (χ0v) is 8.57. The summed E-state index contributed by atoms with van der Waals surface area (Å²) < 4.78 is 0. The minimum atomic E-state index is 0.226. The Bertz CT molecular complexity index is 477. The SMILES string of the molecule is Cc1ccc(O)c(-c2ccccc2)c1N. The van der Waals surface area contributed by atoms with Gasteiger partial charge in [0.1, 0.15) is 5.75 Å². The zero-order chi connectivity index (χ0) is 10.8. The second-order valence-electron chi connectivity index (χ2n) is 3.56. The highest BCUT2D eigenvalue weighted by Gasteiger charge is 2.09. The topological polar surface area (TPSA) is 46.2 Å². The lowest BCUT2D eigenvalue weighted by Crippen LogP contribution is -1.93. The van der Waals surface area contributed by atoms with Gasteiger partial charge in [-0.15, -0.1) is 0 Å². The van der Waals surface area contributed by atoms with E-state index < -0.39 is 0 Å². The molecule has 0 radical (unpaired) electrons. The number of nitrogen functional groups attached to an aromatic ring is 1. The summed E-state index contributed by atoms with van der Waals surface area (Å²) in [6.45, 7) is 1.93. The van der Waals surface area contributed by atoms with Crippen LogP contribution in [-0.2, 0) is 0 Å². The fourth-order valence-electron chi connectivity index (χ4n) is 1.62. The standard InChI is InChI=1S/C13H13NO/c1-9-7-8-11(15)12(13(9)14)10-5-3-2-4-6-10/h2-8,15H,14H2,1H3. The fraction of sp³-hybridized carbons (Fsp3) is 0.0769. The van der Waals surface area contributed by atoms with Gasteiger partial charge in [0.25, 0.3) is 0 Å². The Labute approximate surface area is 89.0 Å². The summed E-state index contributed by atoms with van der Waals surface area (Å²) in [6.07, 6.45) is 0. The molecule has 0 atom stereocenters. The van der Waals surface area contributed by atoms with Gasteiger partial charge in [-0.1, -0.05) is 36.4 Å². The summed E-state index contributed by atoms with van der Waals surface area (Å²) in [7, 11) is 0. The van der Waals surface area contributed by atoms with Crippen LogP contribution in [0.15, 0.2) is 42.5 Å². The first-order chi connectivity index (χ1) is 7.20. The van der Waals surface area contributed by atoms with E-state index in [0.717, 1.165) is 16.7 Å². The quantitative estimate of drug-likeness (QED) is 0.693. The van der Waals surface area contributed by atoms with Crippen molar-refractivity contribution in [1.82, 2.24) is 0 Å². The Morgan fingerprint density at radius 3 is 2.33 bits per heavy atom. The molecule has 15 heavy (non-hydrogen) atoms. The van der Waals surface area contributed by atoms with Crippen molar-refractivity contribution >= 4 is 5.69 Å². The van der Waals surface area contributed by atoms with Crippen LogP contribution in [0.1, 0.15) is 5.56 Å². The van der Waals surface area contributed by atoms with Gasteiger partial charge in [0.15, 0.2) is 0 Å². The van der Waals surface area contributed by atoms with Crippen molar-refractivity contribution in [2.45, 2.75) is 6.92 Å². The Kier molecular flexibility index (Phi) is 2.34. The predicted octanol–water partition coefficient (Wildman–Crippen LogP) is 2.95. The lowest BCUT2D eigenvalue weighted by molar-refractivity contribution is 0.477. The molecule has 0 fully saturated rings. The molecule has 0 saturated heterocycles. The summed E-state index contributed by atoms with van der Waals surface area (Å²) in [6, 6.07) is 13.2. The molecule has 0 unspecified atom stereocenters. The molecule has 0 bridgehead atoms. The molecule has 0 aliphatic carbocycles. The van der Waals surface area contributed by atoms with Crippen LogP contribution in [0, 0.1) is 6.92 Å². The molecule has 0 aliphatic heterocycles. The first kappa shape index (κ1) is 9.59. The van der Waals surface area contributed by atoms with Crippen molar-refractivity contribution in [1.29, 1.82) is 0 Å². The van der Waals surface area contributed by atoms with Crippen molar-refractivity contribution in [2.75, 3.05) is 5.73 Å². The molecule has 0 heterocycles. The molecular weight excluding hydrogens is 186 g/mol. The molecular formula is C13H13NO. The van der Waals surface area contributed by atoms with E-state index in [1.807, 2.05) is 43.3 Å². The molecule has 2 rings (SSSR count). The number of rotatable bonds is 1. The highest BCUT2D eigenvalue weighted by molar-refractivity contribution is 5.83. The second-order valence-corrected chi connectivity index (χ2v) is 3.56. The maximum absolute atomic E-state index is 9.79. The van der Waals surface area contributed by atoms with Crippen molar-refractivity contribution < 1.29 is 5.11 Å². The normalized spacial score (nSPS) is 10.2. The third-order valence-electron chi connectivity index (χ3n) is 2.50. The van der Waals surface area contributed by atoms with Gasteiger partial charge in [0.05, 0.1) is 0 Å². The molecule has 2 aromatic carbocycles. The van der Waals surface area contributed by atoms with E-state index in [1.165, 1.54) is 0 Å². The zero-order valence-electron chi connectivity index (χ0n) is 8.57. The van der Waals surface area contributed by atoms with Crippen molar-refractivity contribution in [3.63, 3.8) is 0 Å². The smallest absolute Gasteiger partial charge is 0.125 e. The van der Waals surface area contributed by atoms with Gasteiger partial charge in [-0.05, 0) is 24.1 Å². The summed E-state index contributed by atoms with van der Waals surface area (Å²) in [4.78, 5) is 0. The maximum atomic E-state index is 9.79. The Balaban J connectivity index is 2.68. The molecule has 2 aromatic rings. The fourth-order valence-corrected chi connectivity index (χ4v) is 1.62. The molecule has 0 aromatic heterocycles. The van der Waals surface area contributed by atoms with Crippen LogP contribution in [0.3, 0.4) is 0 Å². The molecule has 0 spiro atoms. The van der Waals surface area contributed by atoms with Crippen LogP contribution in [0.5, 0.6) is 5.75 Å². The first-order valence-electron chi connectivity index (χ1n) is 4.83. The van der Waals surface area contributed by atoms with E-state index in [2.05, 4.69) is 0 Å². The molecule has 0 saturated carbocycles. The van der Waals surface area contributed by atoms with Gasteiger partial charge in [-0.3, -0.25) is 0 Å². The van der Waals surface area contributed by atoms with Gasteiger partial charge < -0.3 is 10.8 Å². The van der Waals surface area contributed by atoms with E-state index >= 15 is 0 Å². The minimum absolute atomic E-state index is 0.226. The average Bonchev–Trinajstić information content (AvgIpc) is 2.26. The first-order valence-corrected chi connectivity index (χ1v) is 4.83. The van der Waals surface area contributed by atoms with Gasteiger partial charge in [0, 0.05) is 11.3 Å². The van der Waals surface area contributed by atoms with E-state index in [9.17, 15) is 5.11 Å². The van der Waals surface area contributed by atoms with E-state index in [4.69, 9.17) is 5.73 Å². The number of hydrogen-bond acceptors (Lipinski definition) is 2. The Hall–Kier alpha value is -1.96. The average molecular weight is 199 g/mol. The number of hydrogen-bond donors (Lipinski definition) is 2. The van der Waals surface area contributed by atoms with E-state index in [1.54, 1.807) is 6.07 Å². The monoisotopic (exact) mass is 199 g/mol. The van der Waals surface area contributed by atoms with E-state index in [0.29, 0.717) is 5.69 Å². The largest absolute Gasteiger partial charge is 0.507 e. The Morgan fingerprint density at radius 1 is 1.00 bits per heavy atom. The highest BCUT2D eigenvalue weighted by atomic mass is 16.3. The van der Waals surface area contributed by atoms with Gasteiger partial charge in [-0.2, -0.15) is 0 Å². The van der Waals surface area contributed by atoms with Gasteiger partial charge >= 0.3 is 0 Å². The van der Waals surface area contributed by atoms with Crippen molar-refractivity contribution in [3.8, 4) is 16.9 Å². The summed E-state index contributed by atoms with van der Waals surface area (Å²) in [5.41, 5.74) is 9.23. The number of anilines is 1. The molecule has 76 valence electrons. The number of aryl methyl sites for hydroxylation is 1.